The number of ketones is 2. The number of rotatable bonds is 4. The van der Waals surface area contributed by atoms with Crippen LogP contribution in [0.4, 0.5) is 22.7 Å². The average molecular weight is 666 g/mol. The van der Waals surface area contributed by atoms with E-state index in [2.05, 4.69) is 20.6 Å². The number of nitrogens with zero attached hydrogens (tertiary/aromatic N) is 2. The lowest BCUT2D eigenvalue weighted by Gasteiger charge is -2.12. The van der Waals surface area contributed by atoms with Gasteiger partial charge in [-0.1, -0.05) is 70.7 Å². The fourth-order valence-electron chi connectivity index (χ4n) is 4.07. The standard InChI is InChI=1S/C32H20Cl4N4O4/c33-21-9-25-27(11-23(21)35)39-15-18(32(44)20-6-2-4-8-30(20)42)16-40-28-12-24(36)22(34)10-26(28)38-14-17(13-37-25)31(43)19-5-1-3-7-29(19)41/h1-16,37,40-42H/b17-13-,18-16-,38-14?,39-15?. The van der Waals surface area contributed by atoms with Crippen LogP contribution in [0.3, 0.4) is 0 Å². The third-order valence-corrected chi connectivity index (χ3v) is 7.80. The maximum absolute atomic E-state index is 13.5. The van der Waals surface area contributed by atoms with E-state index in [0.717, 1.165) is 0 Å². The summed E-state index contributed by atoms with van der Waals surface area (Å²) in [7, 11) is 0. The molecule has 0 fully saturated rings. The maximum atomic E-state index is 13.5. The predicted molar refractivity (Wildman–Crippen MR) is 178 cm³/mol. The van der Waals surface area contributed by atoms with Crippen molar-refractivity contribution in [3.05, 3.63) is 128 Å². The number of phenols is 2. The Hall–Kier alpha value is -4.60. The third kappa shape index (κ3) is 6.79. The van der Waals surface area contributed by atoms with Gasteiger partial charge >= 0.3 is 0 Å². The number of carbonyl (C=O) groups is 2. The van der Waals surface area contributed by atoms with Gasteiger partial charge in [-0.25, -0.2) is 0 Å². The van der Waals surface area contributed by atoms with Gasteiger partial charge in [0.15, 0.2) is 11.6 Å². The van der Waals surface area contributed by atoms with Crippen molar-refractivity contribution in [3.8, 4) is 11.5 Å². The normalized spacial score (nSPS) is 15.3. The molecule has 4 N–H and O–H groups in total. The number of aliphatic imine (C=N–C) groups is 2. The zero-order valence-electron chi connectivity index (χ0n) is 22.4. The van der Waals surface area contributed by atoms with E-state index in [0.29, 0.717) is 11.4 Å². The van der Waals surface area contributed by atoms with Crippen LogP contribution >= 0.6 is 46.4 Å². The quantitative estimate of drug-likeness (QED) is 0.161. The number of halogens is 4. The summed E-state index contributed by atoms with van der Waals surface area (Å²) in [6.45, 7) is 0. The Morgan fingerprint density at radius 1 is 0.568 bits per heavy atom. The first-order valence-corrected chi connectivity index (χ1v) is 14.3. The Kier molecular flexibility index (Phi) is 9.37. The van der Waals surface area contributed by atoms with Gasteiger partial charge in [0.25, 0.3) is 0 Å². The first-order valence-electron chi connectivity index (χ1n) is 12.8. The summed E-state index contributed by atoms with van der Waals surface area (Å²) in [5.74, 6) is -1.51. The number of carbonyl (C=O) groups excluding carboxylic acids is 2. The molecule has 220 valence electrons. The van der Waals surface area contributed by atoms with Gasteiger partial charge < -0.3 is 20.8 Å². The molecule has 1 aliphatic rings. The second-order valence-electron chi connectivity index (χ2n) is 9.26. The highest BCUT2D eigenvalue weighted by atomic mass is 35.5. The minimum Gasteiger partial charge on any atom is -0.507 e. The summed E-state index contributed by atoms with van der Waals surface area (Å²) < 4.78 is 0. The molecule has 5 rings (SSSR count). The van der Waals surface area contributed by atoms with Gasteiger partial charge in [-0.15, -0.1) is 0 Å². The molecule has 0 amide bonds. The van der Waals surface area contributed by atoms with Crippen molar-refractivity contribution in [2.24, 2.45) is 9.98 Å². The topological polar surface area (TPSA) is 123 Å². The van der Waals surface area contributed by atoms with E-state index in [1.54, 1.807) is 24.3 Å². The van der Waals surface area contributed by atoms with Gasteiger partial charge in [0.05, 0.1) is 65.1 Å². The summed E-state index contributed by atoms with van der Waals surface area (Å²) >= 11 is 25.2. The molecule has 12 heteroatoms. The lowest BCUT2D eigenvalue weighted by atomic mass is 10.0. The SMILES string of the molecule is O=C(/C1=C\Nc2cc(Cl)c(Cl)cc2N=C/C(C(=O)c2ccccc2O)=C/Nc2cc(Cl)c(Cl)cc2N=C1)c1ccccc1O. The van der Waals surface area contributed by atoms with Gasteiger partial charge in [-0.05, 0) is 48.5 Å². The highest BCUT2D eigenvalue weighted by Crippen LogP contribution is 2.37. The Bertz CT molecular complexity index is 1800. The predicted octanol–water partition coefficient (Wildman–Crippen LogP) is 9.19. The van der Waals surface area contributed by atoms with Crippen LogP contribution in [0.5, 0.6) is 11.5 Å². The minimum atomic E-state index is -0.540. The summed E-state index contributed by atoms with van der Waals surface area (Å²) in [6.07, 6.45) is 5.32. The highest BCUT2D eigenvalue weighted by Gasteiger charge is 2.18. The molecule has 0 aliphatic carbocycles. The van der Waals surface area contributed by atoms with Crippen molar-refractivity contribution >= 4 is 93.1 Å². The van der Waals surface area contributed by atoms with E-state index in [-0.39, 0.29) is 65.2 Å². The first-order chi connectivity index (χ1) is 21.1. The molecule has 0 atom stereocenters. The van der Waals surface area contributed by atoms with Crippen molar-refractivity contribution in [2.75, 3.05) is 10.6 Å². The largest absolute Gasteiger partial charge is 0.507 e. The molecule has 0 bridgehead atoms. The van der Waals surface area contributed by atoms with Crippen molar-refractivity contribution in [2.45, 2.75) is 0 Å². The fourth-order valence-corrected chi connectivity index (χ4v) is 4.72. The number of fused-ring (bicyclic) bond motifs is 2. The number of phenolic OH excluding ortho intramolecular Hbond substituents is 2. The van der Waals surface area contributed by atoms with E-state index in [9.17, 15) is 19.8 Å². The van der Waals surface area contributed by atoms with E-state index in [1.165, 1.54) is 73.4 Å². The molecule has 0 saturated carbocycles. The molecule has 0 aromatic heterocycles. The molecule has 4 aromatic rings. The second-order valence-corrected chi connectivity index (χ2v) is 10.9. The van der Waals surface area contributed by atoms with E-state index in [1.807, 2.05) is 0 Å². The summed E-state index contributed by atoms with van der Waals surface area (Å²) in [6, 6.07) is 18.1. The number of anilines is 2. The fraction of sp³-hybridized carbons (Fsp3) is 0. The number of benzene rings is 4. The molecular weight excluding hydrogens is 646 g/mol. The van der Waals surface area contributed by atoms with Crippen molar-refractivity contribution in [1.82, 2.24) is 0 Å². The zero-order chi connectivity index (χ0) is 31.4. The smallest absolute Gasteiger partial charge is 0.199 e. The number of aromatic hydroxyl groups is 2. The average Bonchev–Trinajstić information content (AvgIpc) is 3.00. The number of allylic oxidation sites excluding steroid dienone is 2. The van der Waals surface area contributed by atoms with Crippen LogP contribution in [-0.2, 0) is 0 Å². The second kappa shape index (κ2) is 13.4. The molecule has 0 saturated heterocycles. The lowest BCUT2D eigenvalue weighted by Crippen LogP contribution is -2.09. The van der Waals surface area contributed by atoms with E-state index >= 15 is 0 Å². The Labute approximate surface area is 271 Å². The molecular formula is C32H20Cl4N4O4. The molecule has 1 aliphatic heterocycles. The summed E-state index contributed by atoms with van der Waals surface area (Å²) in [5.41, 5.74) is 1.39. The van der Waals surface area contributed by atoms with Crippen molar-refractivity contribution in [1.29, 1.82) is 0 Å². The molecule has 1 heterocycles. The van der Waals surface area contributed by atoms with Crippen molar-refractivity contribution < 1.29 is 19.8 Å². The monoisotopic (exact) mass is 664 g/mol. The van der Waals surface area contributed by atoms with Crippen LogP contribution in [0.15, 0.2) is 106 Å². The van der Waals surface area contributed by atoms with E-state index in [4.69, 9.17) is 46.4 Å². The van der Waals surface area contributed by atoms with Gasteiger partial charge in [0.2, 0.25) is 0 Å². The molecule has 0 spiro atoms. The van der Waals surface area contributed by atoms with Crippen LogP contribution in [-0.4, -0.2) is 34.2 Å². The number of Topliss-reactive ketones (excluding diaryl/α,β-unsaturated/α-hetero) is 2. The van der Waals surface area contributed by atoms with Crippen LogP contribution < -0.4 is 10.6 Å². The van der Waals surface area contributed by atoms with Crippen molar-refractivity contribution in [3.63, 3.8) is 0 Å². The van der Waals surface area contributed by atoms with Crippen LogP contribution in [0.25, 0.3) is 0 Å². The number of para-hydroxylation sites is 2. The Balaban J connectivity index is 1.70. The molecule has 44 heavy (non-hydrogen) atoms. The lowest BCUT2D eigenvalue weighted by molar-refractivity contribution is 0.103. The number of hydrogen-bond donors (Lipinski definition) is 4. The highest BCUT2D eigenvalue weighted by molar-refractivity contribution is 6.43. The molecule has 4 aromatic carbocycles. The third-order valence-electron chi connectivity index (χ3n) is 6.35. The summed E-state index contributed by atoms with van der Waals surface area (Å²) in [4.78, 5) is 36.1. The molecule has 8 nitrogen and oxygen atoms in total. The van der Waals surface area contributed by atoms with Crippen LogP contribution in [0, 0.1) is 0 Å². The van der Waals surface area contributed by atoms with Gasteiger partial charge in [-0.3, -0.25) is 19.6 Å². The van der Waals surface area contributed by atoms with E-state index < -0.39 is 11.6 Å². The van der Waals surface area contributed by atoms with Crippen LogP contribution in [0.2, 0.25) is 20.1 Å². The number of hydrogen-bond acceptors (Lipinski definition) is 8. The van der Waals surface area contributed by atoms with Gasteiger partial charge in [-0.2, -0.15) is 0 Å². The maximum Gasteiger partial charge on any atom is 0.199 e. The number of nitrogens with one attached hydrogen (secondary N) is 2. The first kappa shape index (κ1) is 30.8. The minimum absolute atomic E-state index is 0.0447. The molecule has 0 radical (unpaired) electrons. The van der Waals surface area contributed by atoms with Gasteiger partial charge in [0.1, 0.15) is 11.5 Å². The Morgan fingerprint density at radius 2 is 0.932 bits per heavy atom. The summed E-state index contributed by atoms with van der Waals surface area (Å²) in [5, 5.41) is 27.5. The Morgan fingerprint density at radius 3 is 1.32 bits per heavy atom. The van der Waals surface area contributed by atoms with Gasteiger partial charge in [0, 0.05) is 24.8 Å². The van der Waals surface area contributed by atoms with Crippen LogP contribution in [0.1, 0.15) is 20.7 Å². The zero-order valence-corrected chi connectivity index (χ0v) is 25.4. The molecule has 0 unspecified atom stereocenters.